The quantitative estimate of drug-likeness (QED) is 0.848. The molecule has 1 fully saturated rings. The van der Waals surface area contributed by atoms with Crippen LogP contribution in [0, 0.1) is 20.8 Å². The van der Waals surface area contributed by atoms with E-state index >= 15 is 0 Å². The Balaban J connectivity index is 1.61. The number of nitrogens with one attached hydrogen (secondary N) is 1. The number of hydrogen-bond donors (Lipinski definition) is 1. The third-order valence-corrected chi connectivity index (χ3v) is 4.84. The van der Waals surface area contributed by atoms with Crippen molar-refractivity contribution in [3.63, 3.8) is 0 Å². The average Bonchev–Trinajstić information content (AvgIpc) is 2.60. The van der Waals surface area contributed by atoms with E-state index < -0.39 is 0 Å². The Labute approximate surface area is 148 Å². The zero-order valence-corrected chi connectivity index (χ0v) is 15.2. The molecule has 0 spiro atoms. The van der Waals surface area contributed by atoms with Gasteiger partial charge in [0, 0.05) is 44.3 Å². The summed E-state index contributed by atoms with van der Waals surface area (Å²) in [6, 6.07) is 6.21. The SMILES string of the molecule is Cc1cc(C)c(NC(=S)N2CCN(c3ncccn3)CC2)cc1C. The Hall–Kier alpha value is -2.21. The van der Waals surface area contributed by atoms with Gasteiger partial charge in [0.2, 0.25) is 5.95 Å². The Morgan fingerprint density at radius 2 is 1.58 bits per heavy atom. The van der Waals surface area contributed by atoms with Crippen molar-refractivity contribution >= 4 is 29.0 Å². The molecule has 1 aromatic heterocycles. The van der Waals surface area contributed by atoms with E-state index in [4.69, 9.17) is 12.2 Å². The molecule has 6 heteroatoms. The van der Waals surface area contributed by atoms with Crippen molar-refractivity contribution in [3.05, 3.63) is 47.3 Å². The molecule has 1 aromatic carbocycles. The van der Waals surface area contributed by atoms with E-state index in [0.717, 1.165) is 42.9 Å². The maximum absolute atomic E-state index is 5.61. The first-order chi connectivity index (χ1) is 11.5. The van der Waals surface area contributed by atoms with Crippen molar-refractivity contribution in [2.45, 2.75) is 20.8 Å². The minimum absolute atomic E-state index is 0.787. The molecule has 24 heavy (non-hydrogen) atoms. The summed E-state index contributed by atoms with van der Waals surface area (Å²) in [6.07, 6.45) is 3.56. The fraction of sp³-hybridized carbons (Fsp3) is 0.389. The van der Waals surface area contributed by atoms with Crippen molar-refractivity contribution in [2.24, 2.45) is 0 Å². The Bertz CT molecular complexity index is 724. The largest absolute Gasteiger partial charge is 0.345 e. The molecule has 1 saturated heterocycles. The molecule has 1 N–H and O–H groups in total. The van der Waals surface area contributed by atoms with Crippen LogP contribution in [0.4, 0.5) is 11.6 Å². The molecule has 5 nitrogen and oxygen atoms in total. The molecule has 3 rings (SSSR count). The van der Waals surface area contributed by atoms with Crippen LogP contribution >= 0.6 is 12.2 Å². The first kappa shape index (κ1) is 16.6. The number of thiocarbonyl (C=S) groups is 1. The average molecular weight is 341 g/mol. The molecular weight excluding hydrogens is 318 g/mol. The van der Waals surface area contributed by atoms with Crippen LogP contribution in [0.1, 0.15) is 16.7 Å². The van der Waals surface area contributed by atoms with Gasteiger partial charge in [-0.25, -0.2) is 9.97 Å². The lowest BCUT2D eigenvalue weighted by atomic mass is 10.1. The zero-order valence-electron chi connectivity index (χ0n) is 14.4. The molecule has 1 aliphatic rings. The standard InChI is InChI=1S/C18H23N5S/c1-13-11-15(3)16(12-14(13)2)21-18(24)23-9-7-22(8-10-23)17-19-5-4-6-20-17/h4-6,11-12H,7-10H2,1-3H3,(H,21,24). The lowest BCUT2D eigenvalue weighted by Gasteiger charge is -2.36. The van der Waals surface area contributed by atoms with Gasteiger partial charge in [0.05, 0.1) is 0 Å². The van der Waals surface area contributed by atoms with E-state index in [-0.39, 0.29) is 0 Å². The van der Waals surface area contributed by atoms with Gasteiger partial charge < -0.3 is 15.1 Å². The van der Waals surface area contributed by atoms with Crippen molar-refractivity contribution in [3.8, 4) is 0 Å². The Kier molecular flexibility index (Phi) is 4.94. The highest BCUT2D eigenvalue weighted by Crippen LogP contribution is 2.21. The molecule has 0 unspecified atom stereocenters. The summed E-state index contributed by atoms with van der Waals surface area (Å²) < 4.78 is 0. The van der Waals surface area contributed by atoms with Crippen LogP contribution in [-0.2, 0) is 0 Å². The monoisotopic (exact) mass is 341 g/mol. The first-order valence-electron chi connectivity index (χ1n) is 8.20. The van der Waals surface area contributed by atoms with Gasteiger partial charge in [-0.1, -0.05) is 6.07 Å². The predicted octanol–water partition coefficient (Wildman–Crippen LogP) is 2.92. The number of piperazine rings is 1. The molecule has 0 aliphatic carbocycles. The number of aromatic nitrogens is 2. The summed E-state index contributed by atoms with van der Waals surface area (Å²) in [5.41, 5.74) is 4.89. The first-order valence-corrected chi connectivity index (χ1v) is 8.61. The number of hydrogen-bond acceptors (Lipinski definition) is 4. The van der Waals surface area contributed by atoms with Crippen LogP contribution in [0.25, 0.3) is 0 Å². The number of rotatable bonds is 2. The molecule has 0 amide bonds. The molecule has 126 valence electrons. The minimum Gasteiger partial charge on any atom is -0.345 e. The lowest BCUT2D eigenvalue weighted by molar-refractivity contribution is 0.388. The van der Waals surface area contributed by atoms with Crippen LogP contribution in [0.15, 0.2) is 30.6 Å². The summed E-state index contributed by atoms with van der Waals surface area (Å²) in [5, 5.41) is 4.20. The summed E-state index contributed by atoms with van der Waals surface area (Å²) in [5.74, 6) is 0.793. The second-order valence-electron chi connectivity index (χ2n) is 6.20. The number of benzene rings is 1. The fourth-order valence-corrected chi connectivity index (χ4v) is 3.15. The second-order valence-corrected chi connectivity index (χ2v) is 6.59. The van der Waals surface area contributed by atoms with Crippen LogP contribution in [0.3, 0.4) is 0 Å². The van der Waals surface area contributed by atoms with Crippen molar-refractivity contribution in [1.82, 2.24) is 14.9 Å². The summed E-state index contributed by atoms with van der Waals surface area (Å²) in [4.78, 5) is 13.0. The normalized spacial score (nSPS) is 14.6. The maximum Gasteiger partial charge on any atom is 0.225 e. The Morgan fingerprint density at radius 3 is 2.25 bits per heavy atom. The summed E-state index contributed by atoms with van der Waals surface area (Å²) in [7, 11) is 0. The van der Waals surface area contributed by atoms with Gasteiger partial charge in [0.1, 0.15) is 0 Å². The van der Waals surface area contributed by atoms with E-state index in [0.29, 0.717) is 0 Å². The van der Waals surface area contributed by atoms with Crippen LogP contribution < -0.4 is 10.2 Å². The Morgan fingerprint density at radius 1 is 0.958 bits per heavy atom. The third kappa shape index (κ3) is 3.64. The van der Waals surface area contributed by atoms with Gasteiger partial charge in [-0.15, -0.1) is 0 Å². The molecule has 0 bridgehead atoms. The molecule has 2 aromatic rings. The number of anilines is 2. The fourth-order valence-electron chi connectivity index (χ4n) is 2.85. The molecule has 0 atom stereocenters. The topological polar surface area (TPSA) is 44.3 Å². The molecule has 0 radical (unpaired) electrons. The van der Waals surface area contributed by atoms with E-state index in [1.54, 1.807) is 12.4 Å². The van der Waals surface area contributed by atoms with E-state index in [2.05, 4.69) is 58.0 Å². The van der Waals surface area contributed by atoms with Crippen molar-refractivity contribution in [1.29, 1.82) is 0 Å². The molecular formula is C18H23N5S. The minimum atomic E-state index is 0.787. The van der Waals surface area contributed by atoms with Gasteiger partial charge >= 0.3 is 0 Å². The van der Waals surface area contributed by atoms with E-state index in [9.17, 15) is 0 Å². The summed E-state index contributed by atoms with van der Waals surface area (Å²) in [6.45, 7) is 9.86. The lowest BCUT2D eigenvalue weighted by Crippen LogP contribution is -2.50. The van der Waals surface area contributed by atoms with Gasteiger partial charge in [0.25, 0.3) is 0 Å². The van der Waals surface area contributed by atoms with Gasteiger partial charge in [0.15, 0.2) is 5.11 Å². The van der Waals surface area contributed by atoms with Gasteiger partial charge in [-0.2, -0.15) is 0 Å². The smallest absolute Gasteiger partial charge is 0.225 e. The second kappa shape index (κ2) is 7.13. The van der Waals surface area contributed by atoms with E-state index in [1.165, 1.54) is 16.7 Å². The third-order valence-electron chi connectivity index (χ3n) is 4.48. The maximum atomic E-state index is 5.61. The van der Waals surface area contributed by atoms with Crippen LogP contribution in [0.2, 0.25) is 0 Å². The zero-order chi connectivity index (χ0) is 17.1. The number of nitrogens with zero attached hydrogens (tertiary/aromatic N) is 4. The van der Waals surface area contributed by atoms with E-state index in [1.807, 2.05) is 6.07 Å². The predicted molar refractivity (Wildman–Crippen MR) is 103 cm³/mol. The van der Waals surface area contributed by atoms with Gasteiger partial charge in [-0.3, -0.25) is 0 Å². The highest BCUT2D eigenvalue weighted by Gasteiger charge is 2.20. The molecule has 0 saturated carbocycles. The van der Waals surface area contributed by atoms with Gasteiger partial charge in [-0.05, 0) is 61.8 Å². The summed E-state index contributed by atoms with van der Waals surface area (Å²) >= 11 is 5.61. The van der Waals surface area contributed by atoms with Crippen LogP contribution in [-0.4, -0.2) is 46.2 Å². The van der Waals surface area contributed by atoms with Crippen LogP contribution in [0.5, 0.6) is 0 Å². The molecule has 1 aliphatic heterocycles. The highest BCUT2D eigenvalue weighted by atomic mass is 32.1. The number of aryl methyl sites for hydroxylation is 3. The highest BCUT2D eigenvalue weighted by molar-refractivity contribution is 7.80. The van der Waals surface area contributed by atoms with Crippen molar-refractivity contribution in [2.75, 3.05) is 36.4 Å². The van der Waals surface area contributed by atoms with Crippen molar-refractivity contribution < 1.29 is 0 Å². The molecule has 2 heterocycles.